The molecule has 0 atom stereocenters. The molecule has 0 saturated carbocycles. The van der Waals surface area contributed by atoms with Gasteiger partial charge >= 0.3 is 5.97 Å². The average Bonchev–Trinajstić information content (AvgIpc) is 2.42. The monoisotopic (exact) mass is 273 g/mol. The van der Waals surface area contributed by atoms with Crippen molar-refractivity contribution in [3.8, 4) is 5.75 Å². The Kier molecular flexibility index (Phi) is 4.05. The topological polar surface area (TPSA) is 97.5 Å². The van der Waals surface area contributed by atoms with Crippen molar-refractivity contribution in [2.24, 2.45) is 0 Å². The summed E-state index contributed by atoms with van der Waals surface area (Å²) in [6.07, 6.45) is 1.40. The number of carboxylic acid groups (broad SMARTS) is 1. The molecule has 1 aromatic heterocycles. The molecule has 0 fully saturated rings. The highest BCUT2D eigenvalue weighted by Gasteiger charge is 2.12. The van der Waals surface area contributed by atoms with Crippen molar-refractivity contribution in [1.29, 1.82) is 0 Å². The number of nitrogen functional groups attached to an aromatic ring is 1. The smallest absolute Gasteiger partial charge is 0.337 e. The quantitative estimate of drug-likeness (QED) is 0.774. The third-order valence-electron chi connectivity index (χ3n) is 2.63. The van der Waals surface area contributed by atoms with Gasteiger partial charge in [-0.2, -0.15) is 0 Å². The normalized spacial score (nSPS) is 10.1. The van der Waals surface area contributed by atoms with E-state index >= 15 is 0 Å². The van der Waals surface area contributed by atoms with E-state index in [-0.39, 0.29) is 11.3 Å². The van der Waals surface area contributed by atoms with Crippen molar-refractivity contribution in [3.63, 3.8) is 0 Å². The van der Waals surface area contributed by atoms with Crippen LogP contribution in [0.1, 0.15) is 17.3 Å². The minimum Gasteiger partial charge on any atom is -0.494 e. The summed E-state index contributed by atoms with van der Waals surface area (Å²) in [6.45, 7) is 2.47. The number of carbonyl (C=O) groups is 1. The minimum atomic E-state index is -1.09. The van der Waals surface area contributed by atoms with E-state index in [1.807, 2.05) is 25.1 Å². The van der Waals surface area contributed by atoms with Crippen LogP contribution < -0.4 is 15.8 Å². The summed E-state index contributed by atoms with van der Waals surface area (Å²) in [5, 5.41) is 12.0. The Hall–Kier alpha value is -2.76. The van der Waals surface area contributed by atoms with E-state index in [9.17, 15) is 4.79 Å². The van der Waals surface area contributed by atoms with Crippen LogP contribution in [0.4, 0.5) is 17.2 Å². The van der Waals surface area contributed by atoms with Crippen LogP contribution in [0.3, 0.4) is 0 Å². The molecule has 0 spiro atoms. The summed E-state index contributed by atoms with van der Waals surface area (Å²) in [7, 11) is 0. The van der Waals surface area contributed by atoms with Gasteiger partial charge in [-0.1, -0.05) is 6.07 Å². The van der Waals surface area contributed by atoms with Gasteiger partial charge in [0.25, 0.3) is 0 Å². The molecule has 0 bridgehead atoms. The van der Waals surface area contributed by atoms with Gasteiger partial charge in [0, 0.05) is 18.0 Å². The maximum absolute atomic E-state index is 11.0. The summed E-state index contributed by atoms with van der Waals surface area (Å²) in [5.41, 5.74) is 6.63. The second kappa shape index (κ2) is 5.92. The molecule has 0 saturated heterocycles. The van der Waals surface area contributed by atoms with Crippen molar-refractivity contribution in [1.82, 2.24) is 4.98 Å². The first-order valence-electron chi connectivity index (χ1n) is 6.09. The number of hydrogen-bond acceptors (Lipinski definition) is 5. The fourth-order valence-corrected chi connectivity index (χ4v) is 1.73. The molecule has 0 unspecified atom stereocenters. The Labute approximate surface area is 116 Å². The number of benzene rings is 1. The largest absolute Gasteiger partial charge is 0.494 e. The van der Waals surface area contributed by atoms with Gasteiger partial charge in [0.2, 0.25) is 0 Å². The van der Waals surface area contributed by atoms with Crippen LogP contribution in [0, 0.1) is 0 Å². The van der Waals surface area contributed by atoms with Gasteiger partial charge in [-0.25, -0.2) is 9.78 Å². The maximum atomic E-state index is 11.0. The zero-order chi connectivity index (χ0) is 14.5. The van der Waals surface area contributed by atoms with Crippen LogP contribution in [-0.2, 0) is 0 Å². The molecule has 6 heteroatoms. The predicted molar refractivity (Wildman–Crippen MR) is 76.5 cm³/mol. The number of nitrogens with zero attached hydrogens (tertiary/aromatic N) is 1. The number of aromatic carboxylic acids is 1. The van der Waals surface area contributed by atoms with Gasteiger partial charge in [0.05, 0.1) is 17.9 Å². The summed E-state index contributed by atoms with van der Waals surface area (Å²) >= 11 is 0. The molecule has 1 aromatic carbocycles. The molecule has 4 N–H and O–H groups in total. The maximum Gasteiger partial charge on any atom is 0.337 e. The molecule has 2 aromatic rings. The molecular formula is C14H15N3O3. The standard InChI is InChI=1S/C14H15N3O3/c1-2-20-10-5-3-4-9(8-10)17-13-12(15)11(14(18)19)6-7-16-13/h3-8H,2,15H2,1H3,(H,16,17)(H,18,19). The number of anilines is 3. The van der Waals surface area contributed by atoms with Crippen LogP contribution in [-0.4, -0.2) is 22.7 Å². The van der Waals surface area contributed by atoms with E-state index in [2.05, 4.69) is 10.3 Å². The molecule has 0 radical (unpaired) electrons. The zero-order valence-corrected chi connectivity index (χ0v) is 11.0. The fourth-order valence-electron chi connectivity index (χ4n) is 1.73. The van der Waals surface area contributed by atoms with Crippen molar-refractivity contribution in [3.05, 3.63) is 42.1 Å². The first kappa shape index (κ1) is 13.7. The van der Waals surface area contributed by atoms with E-state index < -0.39 is 5.97 Å². The molecule has 0 aliphatic carbocycles. The molecular weight excluding hydrogens is 258 g/mol. The second-order valence-corrected chi connectivity index (χ2v) is 4.01. The predicted octanol–water partition coefficient (Wildman–Crippen LogP) is 2.50. The molecule has 0 amide bonds. The Bertz CT molecular complexity index is 629. The lowest BCUT2D eigenvalue weighted by Gasteiger charge is -2.11. The average molecular weight is 273 g/mol. The molecule has 2 rings (SSSR count). The number of pyridine rings is 1. The lowest BCUT2D eigenvalue weighted by atomic mass is 10.2. The molecule has 104 valence electrons. The third kappa shape index (κ3) is 2.97. The van der Waals surface area contributed by atoms with Crippen LogP contribution >= 0.6 is 0 Å². The van der Waals surface area contributed by atoms with Crippen molar-refractivity contribution < 1.29 is 14.6 Å². The highest BCUT2D eigenvalue weighted by Crippen LogP contribution is 2.25. The number of nitrogens with one attached hydrogen (secondary N) is 1. The Morgan fingerprint density at radius 1 is 1.45 bits per heavy atom. The second-order valence-electron chi connectivity index (χ2n) is 4.01. The van der Waals surface area contributed by atoms with E-state index in [4.69, 9.17) is 15.6 Å². The van der Waals surface area contributed by atoms with Crippen molar-refractivity contribution in [2.75, 3.05) is 17.7 Å². The Morgan fingerprint density at radius 3 is 2.95 bits per heavy atom. The summed E-state index contributed by atoms with van der Waals surface area (Å²) in [4.78, 5) is 15.1. The van der Waals surface area contributed by atoms with Crippen LogP contribution in [0.5, 0.6) is 5.75 Å². The molecule has 0 aliphatic heterocycles. The number of carboxylic acids is 1. The van der Waals surface area contributed by atoms with Gasteiger partial charge in [-0.15, -0.1) is 0 Å². The number of nitrogens with two attached hydrogens (primary N) is 1. The molecule has 1 heterocycles. The van der Waals surface area contributed by atoms with E-state index in [1.165, 1.54) is 12.3 Å². The summed E-state index contributed by atoms with van der Waals surface area (Å²) < 4.78 is 5.39. The van der Waals surface area contributed by atoms with Gasteiger partial charge in [-0.05, 0) is 25.1 Å². The fraction of sp³-hybridized carbons (Fsp3) is 0.143. The number of aromatic nitrogens is 1. The number of hydrogen-bond donors (Lipinski definition) is 3. The lowest BCUT2D eigenvalue weighted by molar-refractivity contribution is 0.0698. The third-order valence-corrected chi connectivity index (χ3v) is 2.63. The highest BCUT2D eigenvalue weighted by atomic mass is 16.5. The van der Waals surface area contributed by atoms with E-state index in [0.29, 0.717) is 18.2 Å². The van der Waals surface area contributed by atoms with Crippen LogP contribution in [0.2, 0.25) is 0 Å². The highest BCUT2D eigenvalue weighted by molar-refractivity contribution is 5.96. The minimum absolute atomic E-state index is 0.0171. The molecule has 0 aliphatic rings. The lowest BCUT2D eigenvalue weighted by Crippen LogP contribution is -2.07. The number of rotatable bonds is 5. The first-order valence-corrected chi connectivity index (χ1v) is 6.09. The SMILES string of the molecule is CCOc1cccc(Nc2nccc(C(=O)O)c2N)c1. The van der Waals surface area contributed by atoms with Crippen molar-refractivity contribution >= 4 is 23.2 Å². The van der Waals surface area contributed by atoms with E-state index in [0.717, 1.165) is 5.69 Å². The zero-order valence-electron chi connectivity index (χ0n) is 11.0. The summed E-state index contributed by atoms with van der Waals surface area (Å²) in [6, 6.07) is 8.62. The first-order chi connectivity index (χ1) is 9.61. The van der Waals surface area contributed by atoms with Crippen LogP contribution in [0.15, 0.2) is 36.5 Å². The van der Waals surface area contributed by atoms with E-state index in [1.54, 1.807) is 6.07 Å². The van der Waals surface area contributed by atoms with Crippen LogP contribution in [0.25, 0.3) is 0 Å². The number of ether oxygens (including phenoxy) is 1. The van der Waals surface area contributed by atoms with Gasteiger partial charge in [0.15, 0.2) is 5.82 Å². The van der Waals surface area contributed by atoms with Crippen molar-refractivity contribution in [2.45, 2.75) is 6.92 Å². The molecule has 6 nitrogen and oxygen atoms in total. The molecule has 20 heavy (non-hydrogen) atoms. The van der Waals surface area contributed by atoms with Gasteiger partial charge < -0.3 is 20.9 Å². The van der Waals surface area contributed by atoms with Gasteiger partial charge in [-0.3, -0.25) is 0 Å². The Morgan fingerprint density at radius 2 is 2.25 bits per heavy atom. The Balaban J connectivity index is 2.28. The summed E-state index contributed by atoms with van der Waals surface area (Å²) in [5.74, 6) is -0.0694. The van der Waals surface area contributed by atoms with Gasteiger partial charge in [0.1, 0.15) is 5.75 Å².